The third-order valence-electron chi connectivity index (χ3n) is 2.47. The SMILES string of the molecule is COC(=O)C(=O)Nc1[nH]c2ccccc2c1C=O. The summed E-state index contributed by atoms with van der Waals surface area (Å²) < 4.78 is 4.28. The number of carbonyl (C=O) groups excluding carboxylic acids is 3. The van der Waals surface area contributed by atoms with Crippen LogP contribution in [0.2, 0.25) is 0 Å². The lowest BCUT2D eigenvalue weighted by Gasteiger charge is -2.01. The average Bonchev–Trinajstić information content (AvgIpc) is 2.74. The number of benzene rings is 1. The fourth-order valence-electron chi connectivity index (χ4n) is 1.64. The Morgan fingerprint density at radius 3 is 2.72 bits per heavy atom. The zero-order chi connectivity index (χ0) is 13.1. The Balaban J connectivity index is 2.42. The third-order valence-corrected chi connectivity index (χ3v) is 2.47. The number of nitrogens with one attached hydrogen (secondary N) is 2. The Morgan fingerprint density at radius 2 is 2.06 bits per heavy atom. The summed E-state index contributed by atoms with van der Waals surface area (Å²) >= 11 is 0. The largest absolute Gasteiger partial charge is 0.462 e. The molecular weight excluding hydrogens is 236 g/mol. The van der Waals surface area contributed by atoms with E-state index in [1.807, 2.05) is 0 Å². The quantitative estimate of drug-likeness (QED) is 0.471. The second-order valence-corrected chi connectivity index (χ2v) is 3.52. The molecule has 1 aromatic heterocycles. The van der Waals surface area contributed by atoms with E-state index < -0.39 is 11.9 Å². The van der Waals surface area contributed by atoms with Crippen molar-refractivity contribution in [3.8, 4) is 0 Å². The number of carbonyl (C=O) groups is 3. The minimum Gasteiger partial charge on any atom is -0.462 e. The first-order valence-electron chi connectivity index (χ1n) is 5.12. The highest BCUT2D eigenvalue weighted by molar-refractivity contribution is 6.37. The normalized spacial score (nSPS) is 10.1. The first kappa shape index (κ1) is 11.8. The first-order chi connectivity index (χ1) is 8.67. The molecule has 0 bridgehead atoms. The summed E-state index contributed by atoms with van der Waals surface area (Å²) in [5.74, 6) is -1.78. The smallest absolute Gasteiger partial charge is 0.396 e. The third kappa shape index (κ3) is 1.95. The van der Waals surface area contributed by atoms with Crippen LogP contribution in [0.3, 0.4) is 0 Å². The first-order valence-corrected chi connectivity index (χ1v) is 5.12. The van der Waals surface area contributed by atoms with Crippen molar-refractivity contribution in [1.82, 2.24) is 4.98 Å². The van der Waals surface area contributed by atoms with Gasteiger partial charge in [-0.3, -0.25) is 9.59 Å². The zero-order valence-corrected chi connectivity index (χ0v) is 9.52. The van der Waals surface area contributed by atoms with Gasteiger partial charge in [0, 0.05) is 10.9 Å². The van der Waals surface area contributed by atoms with Crippen LogP contribution >= 0.6 is 0 Å². The monoisotopic (exact) mass is 246 g/mol. The van der Waals surface area contributed by atoms with Crippen molar-refractivity contribution >= 4 is 34.9 Å². The zero-order valence-electron chi connectivity index (χ0n) is 9.52. The molecule has 6 heteroatoms. The molecule has 0 unspecified atom stereocenters. The van der Waals surface area contributed by atoms with Crippen LogP contribution in [-0.4, -0.2) is 30.3 Å². The van der Waals surface area contributed by atoms with Crippen molar-refractivity contribution < 1.29 is 19.1 Å². The molecule has 2 rings (SSSR count). The van der Waals surface area contributed by atoms with Crippen molar-refractivity contribution in [1.29, 1.82) is 0 Å². The average molecular weight is 246 g/mol. The van der Waals surface area contributed by atoms with Gasteiger partial charge in [-0.15, -0.1) is 0 Å². The number of aldehydes is 1. The van der Waals surface area contributed by atoms with E-state index in [-0.39, 0.29) is 5.82 Å². The number of hydrogen-bond donors (Lipinski definition) is 2. The minimum atomic E-state index is -1.02. The van der Waals surface area contributed by atoms with Crippen LogP contribution < -0.4 is 5.32 Å². The van der Waals surface area contributed by atoms with Gasteiger partial charge >= 0.3 is 11.9 Å². The molecule has 2 N–H and O–H groups in total. The molecule has 0 aliphatic carbocycles. The lowest BCUT2D eigenvalue weighted by atomic mass is 10.2. The maximum Gasteiger partial charge on any atom is 0.396 e. The number of para-hydroxylation sites is 1. The van der Waals surface area contributed by atoms with E-state index in [0.29, 0.717) is 22.8 Å². The van der Waals surface area contributed by atoms with E-state index in [2.05, 4.69) is 15.0 Å². The second kappa shape index (κ2) is 4.70. The van der Waals surface area contributed by atoms with Gasteiger partial charge in [0.1, 0.15) is 5.82 Å². The summed E-state index contributed by atoms with van der Waals surface area (Å²) in [6.45, 7) is 0. The van der Waals surface area contributed by atoms with Crippen molar-refractivity contribution in [3.05, 3.63) is 29.8 Å². The standard InChI is InChI=1S/C12H10N2O4/c1-18-12(17)11(16)14-10-8(6-15)7-4-2-3-5-9(7)13-10/h2-6,13H,1H3,(H,14,16). The highest BCUT2D eigenvalue weighted by atomic mass is 16.5. The Bertz CT molecular complexity index is 630. The van der Waals surface area contributed by atoms with E-state index in [4.69, 9.17) is 0 Å². The van der Waals surface area contributed by atoms with E-state index in [1.165, 1.54) is 0 Å². The molecule has 0 aliphatic rings. The van der Waals surface area contributed by atoms with Gasteiger partial charge < -0.3 is 15.0 Å². The molecule has 6 nitrogen and oxygen atoms in total. The van der Waals surface area contributed by atoms with Crippen molar-refractivity contribution in [2.24, 2.45) is 0 Å². The Hall–Kier alpha value is -2.63. The number of aromatic amines is 1. The summed E-state index contributed by atoms with van der Waals surface area (Å²) in [4.78, 5) is 36.3. The lowest BCUT2D eigenvalue weighted by molar-refractivity contribution is -0.150. The summed E-state index contributed by atoms with van der Waals surface area (Å²) in [6, 6.07) is 7.06. The van der Waals surface area contributed by atoms with Gasteiger partial charge in [0.15, 0.2) is 6.29 Å². The number of anilines is 1. The number of hydrogen-bond acceptors (Lipinski definition) is 4. The molecule has 92 valence electrons. The molecule has 1 heterocycles. The summed E-state index contributed by atoms with van der Waals surface area (Å²) in [5, 5.41) is 2.98. The number of methoxy groups -OCH3 is 1. The predicted octanol–water partition coefficient (Wildman–Crippen LogP) is 1.09. The minimum absolute atomic E-state index is 0.182. The molecule has 0 saturated carbocycles. The number of amides is 1. The highest BCUT2D eigenvalue weighted by Gasteiger charge is 2.18. The van der Waals surface area contributed by atoms with E-state index in [0.717, 1.165) is 7.11 Å². The molecule has 0 aliphatic heterocycles. The van der Waals surface area contributed by atoms with Crippen LogP contribution in [0.5, 0.6) is 0 Å². The van der Waals surface area contributed by atoms with Gasteiger partial charge in [0.2, 0.25) is 0 Å². The van der Waals surface area contributed by atoms with Gasteiger partial charge in [-0.25, -0.2) is 4.79 Å². The van der Waals surface area contributed by atoms with Crippen LogP contribution in [0.25, 0.3) is 10.9 Å². The summed E-state index contributed by atoms with van der Waals surface area (Å²) in [5.41, 5.74) is 0.989. The number of fused-ring (bicyclic) bond motifs is 1. The molecule has 1 amide bonds. The maximum atomic E-state index is 11.4. The highest BCUT2D eigenvalue weighted by Crippen LogP contribution is 2.24. The number of esters is 1. The molecular formula is C12H10N2O4. The van der Waals surface area contributed by atoms with Gasteiger partial charge in [-0.2, -0.15) is 0 Å². The topological polar surface area (TPSA) is 88.3 Å². The molecule has 0 fully saturated rings. The number of rotatable bonds is 2. The second-order valence-electron chi connectivity index (χ2n) is 3.52. The summed E-state index contributed by atoms with van der Waals surface area (Å²) in [7, 11) is 1.10. The number of H-pyrrole nitrogens is 1. The molecule has 1 aromatic carbocycles. The van der Waals surface area contributed by atoms with Crippen molar-refractivity contribution in [3.63, 3.8) is 0 Å². The van der Waals surface area contributed by atoms with E-state index in [9.17, 15) is 14.4 Å². The van der Waals surface area contributed by atoms with Crippen molar-refractivity contribution in [2.75, 3.05) is 12.4 Å². The Morgan fingerprint density at radius 1 is 1.33 bits per heavy atom. The molecule has 0 saturated heterocycles. The molecule has 18 heavy (non-hydrogen) atoms. The predicted molar refractivity (Wildman–Crippen MR) is 64.3 cm³/mol. The van der Waals surface area contributed by atoms with Crippen LogP contribution in [0.4, 0.5) is 5.82 Å². The fourth-order valence-corrected chi connectivity index (χ4v) is 1.64. The fraction of sp³-hybridized carbons (Fsp3) is 0.0833. The maximum absolute atomic E-state index is 11.4. The summed E-state index contributed by atoms with van der Waals surface area (Å²) in [6.07, 6.45) is 0.617. The number of ether oxygens (including phenoxy) is 1. The van der Waals surface area contributed by atoms with Gasteiger partial charge in [0.25, 0.3) is 0 Å². The van der Waals surface area contributed by atoms with Crippen LogP contribution in [0.15, 0.2) is 24.3 Å². The van der Waals surface area contributed by atoms with E-state index >= 15 is 0 Å². The van der Waals surface area contributed by atoms with Crippen LogP contribution in [0, 0.1) is 0 Å². The van der Waals surface area contributed by atoms with Crippen molar-refractivity contribution in [2.45, 2.75) is 0 Å². The molecule has 0 spiro atoms. The molecule has 2 aromatic rings. The van der Waals surface area contributed by atoms with Gasteiger partial charge in [-0.1, -0.05) is 18.2 Å². The lowest BCUT2D eigenvalue weighted by Crippen LogP contribution is -2.24. The van der Waals surface area contributed by atoms with E-state index in [1.54, 1.807) is 24.3 Å². The van der Waals surface area contributed by atoms with Gasteiger partial charge in [0.05, 0.1) is 12.7 Å². The molecule has 0 radical (unpaired) electrons. The Kier molecular flexibility index (Phi) is 3.09. The van der Waals surface area contributed by atoms with Crippen LogP contribution in [-0.2, 0) is 14.3 Å². The number of aromatic nitrogens is 1. The Labute approximate surface area is 102 Å². The van der Waals surface area contributed by atoms with Gasteiger partial charge in [-0.05, 0) is 6.07 Å². The van der Waals surface area contributed by atoms with Crippen LogP contribution in [0.1, 0.15) is 10.4 Å². The molecule has 0 atom stereocenters.